The van der Waals surface area contributed by atoms with Crippen molar-refractivity contribution in [3.05, 3.63) is 52.6 Å². The van der Waals surface area contributed by atoms with Crippen molar-refractivity contribution < 1.29 is 9.21 Å². The first kappa shape index (κ1) is 12.6. The van der Waals surface area contributed by atoms with Crippen molar-refractivity contribution in [3.8, 4) is 0 Å². The number of furan rings is 1. The predicted octanol–water partition coefficient (Wildman–Crippen LogP) is 3.63. The van der Waals surface area contributed by atoms with Crippen molar-refractivity contribution in [2.75, 3.05) is 12.3 Å². The van der Waals surface area contributed by atoms with Gasteiger partial charge in [-0.15, -0.1) is 11.8 Å². The van der Waals surface area contributed by atoms with Gasteiger partial charge in [0.15, 0.2) is 0 Å². The van der Waals surface area contributed by atoms with Gasteiger partial charge in [0.25, 0.3) is 0 Å². The Labute approximate surface area is 119 Å². The van der Waals surface area contributed by atoms with E-state index in [0.29, 0.717) is 5.76 Å². The van der Waals surface area contributed by atoms with Gasteiger partial charge in [0, 0.05) is 18.4 Å². The molecule has 3 rings (SSSR count). The van der Waals surface area contributed by atoms with Crippen LogP contribution in [-0.2, 0) is 4.79 Å². The smallest absolute Gasteiger partial charge is 0.247 e. The van der Waals surface area contributed by atoms with Gasteiger partial charge in [0.2, 0.25) is 5.91 Å². The zero-order chi connectivity index (χ0) is 13.1. The topological polar surface area (TPSA) is 33.5 Å². The lowest BCUT2D eigenvalue weighted by molar-refractivity contribution is -0.126. The lowest BCUT2D eigenvalue weighted by atomic mass is 10.3. The molecule has 19 heavy (non-hydrogen) atoms. The van der Waals surface area contributed by atoms with E-state index < -0.39 is 0 Å². The largest absolute Gasteiger partial charge is 0.465 e. The quantitative estimate of drug-likeness (QED) is 0.810. The van der Waals surface area contributed by atoms with Gasteiger partial charge < -0.3 is 9.32 Å². The van der Waals surface area contributed by atoms with Gasteiger partial charge in [0.05, 0.1) is 6.26 Å². The molecule has 0 aliphatic carbocycles. The van der Waals surface area contributed by atoms with Gasteiger partial charge in [-0.1, -0.05) is 0 Å². The lowest BCUT2D eigenvalue weighted by Crippen LogP contribution is -2.28. The number of amides is 1. The first-order valence-electron chi connectivity index (χ1n) is 6.00. The van der Waals surface area contributed by atoms with Crippen molar-refractivity contribution in [3.63, 3.8) is 0 Å². The average Bonchev–Trinajstić information content (AvgIpc) is 3.14. The van der Waals surface area contributed by atoms with E-state index in [0.717, 1.165) is 12.3 Å². The molecule has 2 aromatic rings. The Morgan fingerprint density at radius 1 is 1.47 bits per heavy atom. The minimum atomic E-state index is 0.0394. The first-order chi connectivity index (χ1) is 9.34. The number of nitrogens with zero attached hydrogens (tertiary/aromatic N) is 1. The summed E-state index contributed by atoms with van der Waals surface area (Å²) in [4.78, 5) is 14.1. The molecule has 3 heterocycles. The first-order valence-corrected chi connectivity index (χ1v) is 7.99. The maximum atomic E-state index is 12.2. The zero-order valence-electron chi connectivity index (χ0n) is 10.2. The third-order valence-electron chi connectivity index (χ3n) is 2.94. The van der Waals surface area contributed by atoms with Crippen molar-refractivity contribution in [2.24, 2.45) is 0 Å². The Morgan fingerprint density at radius 3 is 3.16 bits per heavy atom. The van der Waals surface area contributed by atoms with Crippen LogP contribution in [-0.4, -0.2) is 23.1 Å². The van der Waals surface area contributed by atoms with Gasteiger partial charge in [-0.2, -0.15) is 11.3 Å². The summed E-state index contributed by atoms with van der Waals surface area (Å²) in [5.41, 5.74) is 1.22. The van der Waals surface area contributed by atoms with Gasteiger partial charge >= 0.3 is 0 Å². The fourth-order valence-corrected chi connectivity index (χ4v) is 4.04. The molecule has 1 amide bonds. The van der Waals surface area contributed by atoms with Crippen molar-refractivity contribution >= 4 is 35.1 Å². The summed E-state index contributed by atoms with van der Waals surface area (Å²) in [5, 5.41) is 4.31. The van der Waals surface area contributed by atoms with E-state index in [2.05, 4.69) is 16.8 Å². The lowest BCUT2D eigenvalue weighted by Gasteiger charge is -2.21. The second-order valence-corrected chi connectivity index (χ2v) is 6.13. The molecule has 0 aromatic carbocycles. The van der Waals surface area contributed by atoms with Crippen molar-refractivity contribution in [1.29, 1.82) is 0 Å². The summed E-state index contributed by atoms with van der Waals surface area (Å²) in [7, 11) is 0. The second-order valence-electron chi connectivity index (χ2n) is 4.16. The maximum absolute atomic E-state index is 12.2. The highest BCUT2D eigenvalue weighted by atomic mass is 32.2. The molecule has 1 aliphatic rings. The fraction of sp³-hybridized carbons (Fsp3) is 0.214. The Bertz CT molecular complexity index is 560. The minimum absolute atomic E-state index is 0.0394. The normalized spacial score (nSPS) is 19.4. The highest BCUT2D eigenvalue weighted by Gasteiger charge is 2.29. The molecule has 2 aromatic heterocycles. The molecule has 1 unspecified atom stereocenters. The van der Waals surface area contributed by atoms with Gasteiger partial charge in [-0.25, -0.2) is 0 Å². The summed E-state index contributed by atoms with van der Waals surface area (Å²) in [6.07, 6.45) is 4.91. The number of hydrogen-bond donors (Lipinski definition) is 0. The zero-order valence-corrected chi connectivity index (χ0v) is 11.8. The van der Waals surface area contributed by atoms with Gasteiger partial charge in [0.1, 0.15) is 11.1 Å². The molecule has 3 nitrogen and oxygen atoms in total. The minimum Gasteiger partial charge on any atom is -0.465 e. The van der Waals surface area contributed by atoms with Crippen LogP contribution < -0.4 is 0 Å². The van der Waals surface area contributed by atoms with E-state index in [1.54, 1.807) is 29.8 Å². The van der Waals surface area contributed by atoms with Crippen LogP contribution in [0.4, 0.5) is 0 Å². The van der Waals surface area contributed by atoms with Crippen LogP contribution in [0, 0.1) is 0 Å². The summed E-state index contributed by atoms with van der Waals surface area (Å²) in [5.74, 6) is 1.73. The highest BCUT2D eigenvalue weighted by Crippen LogP contribution is 2.38. The summed E-state index contributed by atoms with van der Waals surface area (Å²) in [6, 6.07) is 5.73. The maximum Gasteiger partial charge on any atom is 0.247 e. The number of carbonyl (C=O) groups is 1. The average molecular weight is 291 g/mol. The molecule has 0 bridgehead atoms. The fourth-order valence-electron chi connectivity index (χ4n) is 2.02. The molecule has 1 saturated heterocycles. The van der Waals surface area contributed by atoms with Gasteiger partial charge in [-0.3, -0.25) is 4.79 Å². The third kappa shape index (κ3) is 2.77. The number of hydrogen-bond acceptors (Lipinski definition) is 4. The Kier molecular flexibility index (Phi) is 3.75. The third-order valence-corrected chi connectivity index (χ3v) is 4.90. The molecular formula is C14H13NO2S2. The van der Waals surface area contributed by atoms with E-state index in [4.69, 9.17) is 4.42 Å². The van der Waals surface area contributed by atoms with Crippen LogP contribution in [0.25, 0.3) is 6.08 Å². The summed E-state index contributed by atoms with van der Waals surface area (Å²) < 4.78 is 5.18. The Balaban J connectivity index is 1.72. The molecule has 0 radical (unpaired) electrons. The SMILES string of the molecule is O=C(C=Cc1ccco1)N1CCSC1c1ccsc1. The molecule has 98 valence electrons. The van der Waals surface area contributed by atoms with Crippen molar-refractivity contribution in [1.82, 2.24) is 4.90 Å². The molecule has 1 aliphatic heterocycles. The monoisotopic (exact) mass is 291 g/mol. The molecule has 0 saturated carbocycles. The Morgan fingerprint density at radius 2 is 2.42 bits per heavy atom. The predicted molar refractivity (Wildman–Crippen MR) is 79.0 cm³/mol. The van der Waals surface area contributed by atoms with Crippen LogP contribution in [0.5, 0.6) is 0 Å². The van der Waals surface area contributed by atoms with Crippen molar-refractivity contribution in [2.45, 2.75) is 5.37 Å². The molecule has 1 atom stereocenters. The molecule has 0 N–H and O–H groups in total. The van der Waals surface area contributed by atoms with E-state index in [1.807, 2.05) is 28.8 Å². The van der Waals surface area contributed by atoms with Crippen LogP contribution >= 0.6 is 23.1 Å². The standard InChI is InChI=1S/C14H13NO2S2/c16-13(4-3-12-2-1-7-17-12)15-6-9-19-14(15)11-5-8-18-10-11/h1-5,7-8,10,14H,6,9H2. The highest BCUT2D eigenvalue weighted by molar-refractivity contribution is 7.99. The molecule has 1 fully saturated rings. The van der Waals surface area contributed by atoms with E-state index in [9.17, 15) is 4.79 Å². The van der Waals surface area contributed by atoms with E-state index >= 15 is 0 Å². The van der Waals surface area contributed by atoms with Gasteiger partial charge in [-0.05, 0) is 40.6 Å². The van der Waals surface area contributed by atoms with E-state index in [1.165, 1.54) is 5.56 Å². The van der Waals surface area contributed by atoms with Crippen LogP contribution in [0.15, 0.2) is 45.7 Å². The second kappa shape index (κ2) is 5.67. The summed E-state index contributed by atoms with van der Waals surface area (Å²) in [6.45, 7) is 0.798. The molecule has 5 heteroatoms. The van der Waals surface area contributed by atoms with Crippen LogP contribution in [0.1, 0.15) is 16.7 Å². The van der Waals surface area contributed by atoms with E-state index in [-0.39, 0.29) is 11.3 Å². The molecule has 0 spiro atoms. The summed E-state index contributed by atoms with van der Waals surface area (Å²) >= 11 is 3.48. The number of carbonyl (C=O) groups excluding carboxylic acids is 1. The van der Waals surface area contributed by atoms with Crippen LogP contribution in [0.3, 0.4) is 0 Å². The number of thiophene rings is 1. The Hall–Kier alpha value is -1.46. The number of rotatable bonds is 3. The number of thioether (sulfide) groups is 1. The van der Waals surface area contributed by atoms with Crippen LogP contribution in [0.2, 0.25) is 0 Å². The molecular weight excluding hydrogens is 278 g/mol.